The SMILES string of the molecule is N#Cc1ccc(Nc2nccc(NCCc3ccc(Cl)cc3Cl)n2)cc1. The van der Waals surface area contributed by atoms with E-state index in [9.17, 15) is 0 Å². The first kappa shape index (κ1) is 18.0. The summed E-state index contributed by atoms with van der Waals surface area (Å²) in [5.74, 6) is 1.19. The van der Waals surface area contributed by atoms with Gasteiger partial charge in [-0.1, -0.05) is 29.3 Å². The molecule has 130 valence electrons. The van der Waals surface area contributed by atoms with Crippen LogP contribution in [0, 0.1) is 11.3 Å². The predicted molar refractivity (Wildman–Crippen MR) is 105 cm³/mol. The number of rotatable bonds is 6. The van der Waals surface area contributed by atoms with Crippen molar-refractivity contribution in [3.8, 4) is 6.07 Å². The van der Waals surface area contributed by atoms with Gasteiger partial charge in [0.05, 0.1) is 11.6 Å². The van der Waals surface area contributed by atoms with Crippen LogP contribution in [0.25, 0.3) is 0 Å². The number of nitrogens with zero attached hydrogens (tertiary/aromatic N) is 3. The fourth-order valence-corrected chi connectivity index (χ4v) is 2.83. The first-order chi connectivity index (χ1) is 12.6. The molecule has 0 saturated heterocycles. The fourth-order valence-electron chi connectivity index (χ4n) is 2.32. The van der Waals surface area contributed by atoms with Crippen LogP contribution in [0.4, 0.5) is 17.5 Å². The third-order valence-electron chi connectivity index (χ3n) is 3.64. The summed E-state index contributed by atoms with van der Waals surface area (Å²) in [6.45, 7) is 0.675. The Labute approximate surface area is 161 Å². The van der Waals surface area contributed by atoms with Gasteiger partial charge in [0.2, 0.25) is 5.95 Å². The number of hydrogen-bond acceptors (Lipinski definition) is 5. The van der Waals surface area contributed by atoms with Crippen LogP contribution in [0.2, 0.25) is 10.0 Å². The molecule has 1 aromatic heterocycles. The Hall–Kier alpha value is -2.81. The molecule has 0 spiro atoms. The maximum absolute atomic E-state index is 8.83. The van der Waals surface area contributed by atoms with E-state index in [1.807, 2.05) is 24.3 Å². The lowest BCUT2D eigenvalue weighted by Gasteiger charge is -2.09. The Morgan fingerprint density at radius 2 is 1.85 bits per heavy atom. The van der Waals surface area contributed by atoms with E-state index in [2.05, 4.69) is 26.7 Å². The zero-order valence-corrected chi connectivity index (χ0v) is 15.2. The minimum Gasteiger partial charge on any atom is -0.370 e. The highest BCUT2D eigenvalue weighted by Crippen LogP contribution is 2.21. The molecular weight excluding hydrogens is 369 g/mol. The molecule has 0 aliphatic rings. The average Bonchev–Trinajstić information content (AvgIpc) is 2.64. The van der Waals surface area contributed by atoms with Crippen LogP contribution in [0.3, 0.4) is 0 Å². The molecule has 2 aromatic carbocycles. The zero-order valence-electron chi connectivity index (χ0n) is 13.7. The predicted octanol–water partition coefficient (Wildman–Crippen LogP) is 5.05. The minimum atomic E-state index is 0.476. The normalized spacial score (nSPS) is 10.2. The second kappa shape index (κ2) is 8.52. The molecule has 0 radical (unpaired) electrons. The molecule has 1 heterocycles. The lowest BCUT2D eigenvalue weighted by atomic mass is 10.1. The van der Waals surface area contributed by atoms with Crippen molar-refractivity contribution in [2.45, 2.75) is 6.42 Å². The lowest BCUT2D eigenvalue weighted by Crippen LogP contribution is -2.08. The Balaban J connectivity index is 1.59. The summed E-state index contributed by atoms with van der Waals surface area (Å²) in [4.78, 5) is 8.63. The highest BCUT2D eigenvalue weighted by molar-refractivity contribution is 6.35. The summed E-state index contributed by atoms with van der Waals surface area (Å²) < 4.78 is 0. The number of aromatic nitrogens is 2. The number of halogens is 2. The van der Waals surface area contributed by atoms with Gasteiger partial charge in [-0.2, -0.15) is 10.2 Å². The van der Waals surface area contributed by atoms with Crippen molar-refractivity contribution in [3.63, 3.8) is 0 Å². The van der Waals surface area contributed by atoms with Gasteiger partial charge in [-0.3, -0.25) is 0 Å². The lowest BCUT2D eigenvalue weighted by molar-refractivity contribution is 1.00. The largest absolute Gasteiger partial charge is 0.370 e. The monoisotopic (exact) mass is 383 g/mol. The molecule has 5 nitrogen and oxygen atoms in total. The third-order valence-corrected chi connectivity index (χ3v) is 4.23. The second-order valence-electron chi connectivity index (χ2n) is 5.49. The molecule has 0 aliphatic carbocycles. The van der Waals surface area contributed by atoms with Gasteiger partial charge in [-0.05, 0) is 54.4 Å². The molecule has 3 rings (SSSR count). The van der Waals surface area contributed by atoms with Crippen LogP contribution >= 0.6 is 23.2 Å². The molecule has 3 aromatic rings. The van der Waals surface area contributed by atoms with E-state index in [4.69, 9.17) is 28.5 Å². The summed E-state index contributed by atoms with van der Waals surface area (Å²) in [7, 11) is 0. The van der Waals surface area contributed by atoms with E-state index in [0.717, 1.165) is 17.7 Å². The highest BCUT2D eigenvalue weighted by Gasteiger charge is 2.03. The van der Waals surface area contributed by atoms with Crippen molar-refractivity contribution < 1.29 is 0 Å². The molecule has 0 atom stereocenters. The van der Waals surface area contributed by atoms with Crippen LogP contribution in [0.1, 0.15) is 11.1 Å². The van der Waals surface area contributed by atoms with Crippen LogP contribution in [-0.4, -0.2) is 16.5 Å². The summed E-state index contributed by atoms with van der Waals surface area (Å²) in [6, 6.07) is 16.5. The van der Waals surface area contributed by atoms with Crippen LogP contribution < -0.4 is 10.6 Å². The first-order valence-corrected chi connectivity index (χ1v) is 8.68. The van der Waals surface area contributed by atoms with Crippen LogP contribution in [0.15, 0.2) is 54.7 Å². The number of anilines is 3. The van der Waals surface area contributed by atoms with Gasteiger partial charge in [0, 0.05) is 28.5 Å². The first-order valence-electron chi connectivity index (χ1n) is 7.92. The molecule has 0 saturated carbocycles. The van der Waals surface area contributed by atoms with E-state index < -0.39 is 0 Å². The molecule has 0 aliphatic heterocycles. The summed E-state index contributed by atoms with van der Waals surface area (Å²) in [5.41, 5.74) is 2.44. The maximum atomic E-state index is 8.83. The quantitative estimate of drug-likeness (QED) is 0.622. The maximum Gasteiger partial charge on any atom is 0.229 e. The van der Waals surface area contributed by atoms with Crippen molar-refractivity contribution in [2.24, 2.45) is 0 Å². The fraction of sp³-hybridized carbons (Fsp3) is 0.105. The molecule has 7 heteroatoms. The third kappa shape index (κ3) is 4.85. The van der Waals surface area contributed by atoms with Crippen molar-refractivity contribution in [1.82, 2.24) is 9.97 Å². The Morgan fingerprint density at radius 1 is 1.04 bits per heavy atom. The highest BCUT2D eigenvalue weighted by atomic mass is 35.5. The molecule has 0 fully saturated rings. The smallest absolute Gasteiger partial charge is 0.229 e. The topological polar surface area (TPSA) is 73.6 Å². The minimum absolute atomic E-state index is 0.476. The van der Waals surface area contributed by atoms with Crippen LogP contribution in [-0.2, 0) is 6.42 Å². The standard InChI is InChI=1S/C19H15Cl2N5/c20-15-4-3-14(17(21)11-15)7-9-23-18-8-10-24-19(26-18)25-16-5-1-13(12-22)2-6-16/h1-6,8,10-11H,7,9H2,(H2,23,24,25,26). The van der Waals surface area contributed by atoms with E-state index >= 15 is 0 Å². The summed E-state index contributed by atoms with van der Waals surface area (Å²) in [6.07, 6.45) is 2.43. The van der Waals surface area contributed by atoms with E-state index in [1.54, 1.807) is 30.5 Å². The van der Waals surface area contributed by atoms with Gasteiger partial charge in [0.15, 0.2) is 0 Å². The Morgan fingerprint density at radius 3 is 2.58 bits per heavy atom. The number of hydrogen-bond donors (Lipinski definition) is 2. The van der Waals surface area contributed by atoms with Crippen LogP contribution in [0.5, 0.6) is 0 Å². The van der Waals surface area contributed by atoms with Gasteiger partial charge in [-0.25, -0.2) is 4.98 Å². The summed E-state index contributed by atoms with van der Waals surface area (Å²) in [5, 5.41) is 16.5. The molecule has 0 bridgehead atoms. The number of benzene rings is 2. The molecular formula is C19H15Cl2N5. The van der Waals surface area contributed by atoms with Crippen molar-refractivity contribution >= 4 is 40.7 Å². The van der Waals surface area contributed by atoms with Gasteiger partial charge < -0.3 is 10.6 Å². The van der Waals surface area contributed by atoms with Gasteiger partial charge in [-0.15, -0.1) is 0 Å². The van der Waals surface area contributed by atoms with Gasteiger partial charge >= 0.3 is 0 Å². The molecule has 0 amide bonds. The molecule has 0 unspecified atom stereocenters. The average molecular weight is 384 g/mol. The molecule has 2 N–H and O–H groups in total. The van der Waals surface area contributed by atoms with Gasteiger partial charge in [0.25, 0.3) is 0 Å². The van der Waals surface area contributed by atoms with E-state index in [-0.39, 0.29) is 0 Å². The Kier molecular flexibility index (Phi) is 5.90. The van der Waals surface area contributed by atoms with Gasteiger partial charge in [0.1, 0.15) is 5.82 Å². The Bertz CT molecular complexity index is 935. The van der Waals surface area contributed by atoms with E-state index in [1.165, 1.54) is 0 Å². The zero-order chi connectivity index (χ0) is 18.4. The second-order valence-corrected chi connectivity index (χ2v) is 6.34. The summed E-state index contributed by atoms with van der Waals surface area (Å²) >= 11 is 12.1. The number of nitriles is 1. The van der Waals surface area contributed by atoms with E-state index in [0.29, 0.717) is 33.9 Å². The van der Waals surface area contributed by atoms with Crippen molar-refractivity contribution in [2.75, 3.05) is 17.2 Å². The molecule has 26 heavy (non-hydrogen) atoms. The number of nitrogens with one attached hydrogen (secondary N) is 2. The van der Waals surface area contributed by atoms with Crippen molar-refractivity contribution in [3.05, 3.63) is 75.9 Å². The van der Waals surface area contributed by atoms with Crippen molar-refractivity contribution in [1.29, 1.82) is 5.26 Å².